The molecule has 0 N–H and O–H groups in total. The van der Waals surface area contributed by atoms with Crippen molar-refractivity contribution in [3.8, 4) is 0 Å². The SMILES string of the molecule is C=C(CCCOC(C)=O)[Si](CC)(CC)CC. The molecule has 0 radical (unpaired) electrons. The first-order valence-electron chi connectivity index (χ1n) is 6.34. The molecule has 94 valence electrons. The Morgan fingerprint density at radius 3 is 2.06 bits per heavy atom. The zero-order chi connectivity index (χ0) is 12.6. The fourth-order valence-electron chi connectivity index (χ4n) is 2.27. The molecule has 0 rings (SSSR count). The maximum atomic E-state index is 10.6. The summed E-state index contributed by atoms with van der Waals surface area (Å²) in [5.74, 6) is -0.185. The van der Waals surface area contributed by atoms with E-state index in [1.165, 1.54) is 30.3 Å². The molecular weight excluding hydrogens is 216 g/mol. The molecule has 0 heterocycles. The van der Waals surface area contributed by atoms with Crippen LogP contribution in [0.1, 0.15) is 40.5 Å². The third kappa shape index (κ3) is 4.52. The Balaban J connectivity index is 4.07. The minimum Gasteiger partial charge on any atom is -0.466 e. The van der Waals surface area contributed by atoms with Crippen LogP contribution in [0.2, 0.25) is 18.1 Å². The molecule has 0 atom stereocenters. The van der Waals surface area contributed by atoms with Gasteiger partial charge in [-0.05, 0) is 12.8 Å². The van der Waals surface area contributed by atoms with Gasteiger partial charge < -0.3 is 4.74 Å². The highest BCUT2D eigenvalue weighted by atomic mass is 28.3. The van der Waals surface area contributed by atoms with Crippen LogP contribution in [-0.2, 0) is 9.53 Å². The summed E-state index contributed by atoms with van der Waals surface area (Å²) in [4.78, 5) is 10.6. The molecule has 0 aliphatic rings. The Hall–Kier alpha value is -0.573. The highest BCUT2D eigenvalue weighted by Crippen LogP contribution is 2.30. The molecule has 0 spiro atoms. The molecule has 0 amide bonds. The van der Waals surface area contributed by atoms with Gasteiger partial charge in [0.25, 0.3) is 0 Å². The van der Waals surface area contributed by atoms with Gasteiger partial charge in [-0.2, -0.15) is 0 Å². The number of esters is 1. The number of allylic oxidation sites excluding steroid dienone is 1. The van der Waals surface area contributed by atoms with Crippen molar-refractivity contribution in [1.29, 1.82) is 0 Å². The van der Waals surface area contributed by atoms with Crippen molar-refractivity contribution in [2.75, 3.05) is 6.61 Å². The van der Waals surface area contributed by atoms with E-state index in [1.807, 2.05) is 0 Å². The average Bonchev–Trinajstić information content (AvgIpc) is 2.27. The normalized spacial score (nSPS) is 11.2. The Morgan fingerprint density at radius 2 is 1.69 bits per heavy atom. The van der Waals surface area contributed by atoms with Gasteiger partial charge in [0.15, 0.2) is 0 Å². The molecule has 0 bridgehead atoms. The molecule has 0 aromatic carbocycles. The van der Waals surface area contributed by atoms with E-state index in [1.54, 1.807) is 0 Å². The smallest absolute Gasteiger partial charge is 0.302 e. The lowest BCUT2D eigenvalue weighted by molar-refractivity contribution is -0.141. The standard InChI is InChI=1S/C13H26O2Si/c1-6-16(7-2,8-3)12(4)10-9-11-15-13(5)14/h4,6-11H2,1-3,5H3. The van der Waals surface area contributed by atoms with Gasteiger partial charge in [-0.1, -0.05) is 44.1 Å². The van der Waals surface area contributed by atoms with Gasteiger partial charge in [-0.25, -0.2) is 0 Å². The Bertz CT molecular complexity index is 224. The predicted molar refractivity (Wildman–Crippen MR) is 72.2 cm³/mol. The molecular formula is C13H26O2Si. The molecule has 16 heavy (non-hydrogen) atoms. The average molecular weight is 242 g/mol. The van der Waals surface area contributed by atoms with Gasteiger partial charge in [0.2, 0.25) is 0 Å². The number of ether oxygens (including phenoxy) is 1. The molecule has 0 saturated heterocycles. The molecule has 3 heteroatoms. The fourth-order valence-corrected chi connectivity index (χ4v) is 5.97. The molecule has 0 unspecified atom stereocenters. The van der Waals surface area contributed by atoms with Gasteiger partial charge in [-0.15, -0.1) is 6.58 Å². The summed E-state index contributed by atoms with van der Waals surface area (Å²) in [5, 5.41) is 1.45. The molecule has 0 aromatic rings. The first kappa shape index (κ1) is 15.4. The Morgan fingerprint density at radius 1 is 1.19 bits per heavy atom. The first-order valence-corrected chi connectivity index (χ1v) is 8.96. The minimum atomic E-state index is -1.23. The number of carbonyl (C=O) groups is 1. The van der Waals surface area contributed by atoms with Crippen LogP contribution in [0.3, 0.4) is 0 Å². The molecule has 0 saturated carbocycles. The van der Waals surface area contributed by atoms with Crippen LogP contribution >= 0.6 is 0 Å². The van der Waals surface area contributed by atoms with E-state index < -0.39 is 8.07 Å². The van der Waals surface area contributed by atoms with Gasteiger partial charge in [0.1, 0.15) is 0 Å². The van der Waals surface area contributed by atoms with Crippen LogP contribution in [0.4, 0.5) is 0 Å². The summed E-state index contributed by atoms with van der Waals surface area (Å²) in [6, 6.07) is 3.85. The maximum absolute atomic E-state index is 10.6. The van der Waals surface area contributed by atoms with E-state index in [2.05, 4.69) is 27.4 Å². The lowest BCUT2D eigenvalue weighted by Crippen LogP contribution is -2.34. The third-order valence-corrected chi connectivity index (χ3v) is 9.52. The van der Waals surface area contributed by atoms with Crippen LogP contribution in [-0.4, -0.2) is 20.7 Å². The second-order valence-electron chi connectivity index (χ2n) is 4.39. The lowest BCUT2D eigenvalue weighted by Gasteiger charge is -2.30. The second-order valence-corrected chi connectivity index (χ2v) is 9.78. The van der Waals surface area contributed by atoms with Crippen molar-refractivity contribution in [3.05, 3.63) is 11.8 Å². The molecule has 0 aliphatic carbocycles. The monoisotopic (exact) mass is 242 g/mol. The largest absolute Gasteiger partial charge is 0.466 e. The third-order valence-electron chi connectivity index (χ3n) is 3.71. The minimum absolute atomic E-state index is 0.185. The summed E-state index contributed by atoms with van der Waals surface area (Å²) in [6.07, 6.45) is 1.95. The van der Waals surface area contributed by atoms with Crippen LogP contribution < -0.4 is 0 Å². The van der Waals surface area contributed by atoms with Gasteiger partial charge >= 0.3 is 5.97 Å². The van der Waals surface area contributed by atoms with Crippen LogP contribution in [0.25, 0.3) is 0 Å². The molecule has 0 fully saturated rings. The van der Waals surface area contributed by atoms with Crippen molar-refractivity contribution < 1.29 is 9.53 Å². The number of hydrogen-bond acceptors (Lipinski definition) is 2. The molecule has 2 nitrogen and oxygen atoms in total. The van der Waals surface area contributed by atoms with Crippen molar-refractivity contribution in [3.63, 3.8) is 0 Å². The molecule has 0 aromatic heterocycles. The zero-order valence-corrected chi connectivity index (χ0v) is 12.3. The van der Waals surface area contributed by atoms with Crippen LogP contribution in [0.5, 0.6) is 0 Å². The number of carbonyl (C=O) groups excluding carboxylic acids is 1. The summed E-state index contributed by atoms with van der Waals surface area (Å²) in [7, 11) is -1.23. The highest BCUT2D eigenvalue weighted by molar-refractivity contribution is 6.86. The van der Waals surface area contributed by atoms with Crippen LogP contribution in [0.15, 0.2) is 11.8 Å². The summed E-state index contributed by atoms with van der Waals surface area (Å²) < 4.78 is 4.94. The first-order chi connectivity index (χ1) is 7.52. The lowest BCUT2D eigenvalue weighted by atomic mass is 10.3. The number of rotatable bonds is 8. The summed E-state index contributed by atoms with van der Waals surface area (Å²) in [5.41, 5.74) is 0. The van der Waals surface area contributed by atoms with Crippen molar-refractivity contribution in [1.82, 2.24) is 0 Å². The van der Waals surface area contributed by atoms with Gasteiger partial charge in [0, 0.05) is 6.92 Å². The van der Waals surface area contributed by atoms with Crippen molar-refractivity contribution in [2.45, 2.75) is 58.7 Å². The second kappa shape index (κ2) is 7.66. The Kier molecular flexibility index (Phi) is 7.39. The van der Waals surface area contributed by atoms with E-state index in [0.717, 1.165) is 12.8 Å². The Labute approximate surface area is 101 Å². The van der Waals surface area contributed by atoms with E-state index >= 15 is 0 Å². The van der Waals surface area contributed by atoms with Crippen molar-refractivity contribution >= 4 is 14.0 Å². The van der Waals surface area contributed by atoms with E-state index in [9.17, 15) is 4.79 Å². The van der Waals surface area contributed by atoms with E-state index in [-0.39, 0.29) is 5.97 Å². The number of hydrogen-bond donors (Lipinski definition) is 0. The summed E-state index contributed by atoms with van der Waals surface area (Å²) >= 11 is 0. The predicted octanol–water partition coefficient (Wildman–Crippen LogP) is 3.93. The highest BCUT2D eigenvalue weighted by Gasteiger charge is 2.29. The van der Waals surface area contributed by atoms with Crippen LogP contribution in [0, 0.1) is 0 Å². The van der Waals surface area contributed by atoms with E-state index in [4.69, 9.17) is 4.74 Å². The maximum Gasteiger partial charge on any atom is 0.302 e. The van der Waals surface area contributed by atoms with E-state index in [0.29, 0.717) is 6.61 Å². The zero-order valence-electron chi connectivity index (χ0n) is 11.3. The van der Waals surface area contributed by atoms with Gasteiger partial charge in [-0.3, -0.25) is 4.79 Å². The van der Waals surface area contributed by atoms with Crippen molar-refractivity contribution in [2.24, 2.45) is 0 Å². The quantitative estimate of drug-likeness (QED) is 0.366. The summed E-state index contributed by atoms with van der Waals surface area (Å²) in [6.45, 7) is 13.1. The van der Waals surface area contributed by atoms with Gasteiger partial charge in [0.05, 0.1) is 14.7 Å². The fraction of sp³-hybridized carbons (Fsp3) is 0.769. The topological polar surface area (TPSA) is 26.3 Å². The molecule has 0 aliphatic heterocycles.